The van der Waals surface area contributed by atoms with Gasteiger partial charge in [-0.2, -0.15) is 0 Å². The number of rotatable bonds is 6. The van der Waals surface area contributed by atoms with Crippen LogP contribution in [0.1, 0.15) is 5.56 Å². The number of hydrogen-bond donors (Lipinski definition) is 0. The van der Waals surface area contributed by atoms with Gasteiger partial charge in [-0.25, -0.2) is 4.79 Å². The van der Waals surface area contributed by atoms with E-state index in [1.807, 2.05) is 0 Å². The average molecular weight is 410 g/mol. The van der Waals surface area contributed by atoms with E-state index in [4.69, 9.17) is 18.9 Å². The Morgan fingerprint density at radius 2 is 1.96 bits per heavy atom. The summed E-state index contributed by atoms with van der Waals surface area (Å²) in [5.74, 6) is 0.545. The molecule has 2 aromatic rings. The van der Waals surface area contributed by atoms with E-state index in [1.54, 1.807) is 18.2 Å². The first-order chi connectivity index (χ1) is 12.0. The maximum atomic E-state index is 11.8. The zero-order chi connectivity index (χ0) is 17.8. The van der Waals surface area contributed by atoms with Crippen LogP contribution in [0.3, 0.4) is 0 Å². The molecule has 0 amide bonds. The highest BCUT2D eigenvalue weighted by Crippen LogP contribution is 2.37. The van der Waals surface area contributed by atoms with Crippen molar-refractivity contribution in [1.82, 2.24) is 0 Å². The van der Waals surface area contributed by atoms with Crippen molar-refractivity contribution in [2.45, 2.75) is 6.61 Å². The Labute approximate surface area is 150 Å². The third-order valence-corrected chi connectivity index (χ3v) is 4.08. The number of nitro groups is 1. The SMILES string of the molecule is O=C(COc1ccccc1[N+](=O)[O-])OCc1cc2c(cc1Br)OCO2. The summed E-state index contributed by atoms with van der Waals surface area (Å²) >= 11 is 3.37. The molecule has 25 heavy (non-hydrogen) atoms. The second-order valence-electron chi connectivity index (χ2n) is 4.97. The average Bonchev–Trinajstić information content (AvgIpc) is 3.05. The highest BCUT2D eigenvalue weighted by atomic mass is 79.9. The van der Waals surface area contributed by atoms with Crippen LogP contribution in [-0.2, 0) is 16.1 Å². The van der Waals surface area contributed by atoms with Crippen LogP contribution in [0.4, 0.5) is 5.69 Å². The van der Waals surface area contributed by atoms with E-state index >= 15 is 0 Å². The molecule has 0 spiro atoms. The van der Waals surface area contributed by atoms with E-state index in [9.17, 15) is 14.9 Å². The molecular weight excluding hydrogens is 398 g/mol. The van der Waals surface area contributed by atoms with Gasteiger partial charge in [0.1, 0.15) is 6.61 Å². The first kappa shape index (κ1) is 17.0. The monoisotopic (exact) mass is 409 g/mol. The summed E-state index contributed by atoms with van der Waals surface area (Å²) in [6.07, 6.45) is 0. The fraction of sp³-hybridized carbons (Fsp3) is 0.188. The van der Waals surface area contributed by atoms with Gasteiger partial charge in [-0.3, -0.25) is 10.1 Å². The zero-order valence-corrected chi connectivity index (χ0v) is 14.4. The van der Waals surface area contributed by atoms with Crippen molar-refractivity contribution in [2.24, 2.45) is 0 Å². The lowest BCUT2D eigenvalue weighted by Gasteiger charge is -2.09. The Bertz CT molecular complexity index is 824. The zero-order valence-electron chi connectivity index (χ0n) is 12.8. The number of halogens is 1. The van der Waals surface area contributed by atoms with E-state index in [0.717, 1.165) is 0 Å². The summed E-state index contributed by atoms with van der Waals surface area (Å²) in [5, 5.41) is 10.9. The first-order valence-electron chi connectivity index (χ1n) is 7.14. The number of benzene rings is 2. The summed E-state index contributed by atoms with van der Waals surface area (Å²) < 4.78 is 21.5. The molecule has 9 heteroatoms. The van der Waals surface area contributed by atoms with Crippen molar-refractivity contribution in [3.8, 4) is 17.2 Å². The minimum Gasteiger partial charge on any atom is -0.475 e. The molecule has 0 aliphatic carbocycles. The smallest absolute Gasteiger partial charge is 0.344 e. The number of nitrogens with zero attached hydrogens (tertiary/aromatic N) is 1. The van der Waals surface area contributed by atoms with E-state index in [-0.39, 0.29) is 24.8 Å². The Balaban J connectivity index is 1.57. The number of esters is 1. The van der Waals surface area contributed by atoms with E-state index < -0.39 is 17.5 Å². The predicted molar refractivity (Wildman–Crippen MR) is 88.7 cm³/mol. The van der Waals surface area contributed by atoms with Gasteiger partial charge in [-0.05, 0) is 18.2 Å². The molecular formula is C16H12BrNO7. The van der Waals surface area contributed by atoms with Crippen molar-refractivity contribution in [1.29, 1.82) is 0 Å². The minimum absolute atomic E-state index is 0.00367. The molecule has 0 atom stereocenters. The van der Waals surface area contributed by atoms with Crippen LogP contribution in [0.5, 0.6) is 17.2 Å². The maximum Gasteiger partial charge on any atom is 0.344 e. The van der Waals surface area contributed by atoms with E-state index in [1.165, 1.54) is 18.2 Å². The van der Waals surface area contributed by atoms with Crippen LogP contribution < -0.4 is 14.2 Å². The Hall–Kier alpha value is -2.81. The van der Waals surface area contributed by atoms with Crippen LogP contribution in [0.2, 0.25) is 0 Å². The number of para-hydroxylation sites is 2. The van der Waals surface area contributed by atoms with Crippen LogP contribution in [0.25, 0.3) is 0 Å². The fourth-order valence-electron chi connectivity index (χ4n) is 2.14. The third-order valence-electron chi connectivity index (χ3n) is 3.34. The second-order valence-corrected chi connectivity index (χ2v) is 5.83. The molecule has 1 heterocycles. The molecule has 0 saturated carbocycles. The molecule has 8 nitrogen and oxygen atoms in total. The first-order valence-corrected chi connectivity index (χ1v) is 7.94. The fourth-order valence-corrected chi connectivity index (χ4v) is 2.57. The molecule has 0 N–H and O–H groups in total. The lowest BCUT2D eigenvalue weighted by Crippen LogP contribution is -2.15. The summed E-state index contributed by atoms with van der Waals surface area (Å²) in [6.45, 7) is -0.294. The van der Waals surface area contributed by atoms with E-state index in [0.29, 0.717) is 21.5 Å². The highest BCUT2D eigenvalue weighted by molar-refractivity contribution is 9.10. The summed E-state index contributed by atoms with van der Waals surface area (Å²) in [7, 11) is 0. The number of carbonyl (C=O) groups excluding carboxylic acids is 1. The molecule has 2 aromatic carbocycles. The van der Waals surface area contributed by atoms with Crippen LogP contribution >= 0.6 is 15.9 Å². The lowest BCUT2D eigenvalue weighted by atomic mass is 10.2. The van der Waals surface area contributed by atoms with Gasteiger partial charge in [0.25, 0.3) is 0 Å². The molecule has 130 valence electrons. The van der Waals surface area contributed by atoms with Gasteiger partial charge in [-0.15, -0.1) is 0 Å². The molecule has 0 saturated heterocycles. The molecule has 0 bridgehead atoms. The quantitative estimate of drug-likeness (QED) is 0.410. The Morgan fingerprint density at radius 1 is 1.24 bits per heavy atom. The minimum atomic E-state index is -0.650. The van der Waals surface area contributed by atoms with Crippen molar-refractivity contribution >= 4 is 27.6 Å². The molecule has 0 aromatic heterocycles. The maximum absolute atomic E-state index is 11.8. The van der Waals surface area contributed by atoms with Crippen molar-refractivity contribution in [3.05, 3.63) is 56.5 Å². The lowest BCUT2D eigenvalue weighted by molar-refractivity contribution is -0.385. The van der Waals surface area contributed by atoms with Crippen LogP contribution in [0, 0.1) is 10.1 Å². The molecule has 0 fully saturated rings. The van der Waals surface area contributed by atoms with Gasteiger partial charge in [0.2, 0.25) is 6.79 Å². The number of ether oxygens (including phenoxy) is 4. The largest absolute Gasteiger partial charge is 0.475 e. The van der Waals surface area contributed by atoms with Crippen molar-refractivity contribution in [3.63, 3.8) is 0 Å². The van der Waals surface area contributed by atoms with Crippen LogP contribution in [0.15, 0.2) is 40.9 Å². The van der Waals surface area contributed by atoms with E-state index in [2.05, 4.69) is 15.9 Å². The molecule has 1 aliphatic rings. The highest BCUT2D eigenvalue weighted by Gasteiger charge is 2.18. The van der Waals surface area contributed by atoms with Gasteiger partial charge in [-0.1, -0.05) is 28.1 Å². The van der Waals surface area contributed by atoms with Gasteiger partial charge in [0.15, 0.2) is 23.9 Å². The van der Waals surface area contributed by atoms with Crippen LogP contribution in [-0.4, -0.2) is 24.3 Å². The summed E-state index contributed by atoms with van der Waals surface area (Å²) in [4.78, 5) is 22.1. The summed E-state index contributed by atoms with van der Waals surface area (Å²) in [6, 6.07) is 9.25. The summed E-state index contributed by atoms with van der Waals surface area (Å²) in [5.41, 5.74) is 0.483. The number of nitro benzene ring substituents is 1. The molecule has 0 radical (unpaired) electrons. The van der Waals surface area contributed by atoms with Gasteiger partial charge >= 0.3 is 11.7 Å². The normalized spacial score (nSPS) is 11.9. The topological polar surface area (TPSA) is 97.1 Å². The Morgan fingerprint density at radius 3 is 2.72 bits per heavy atom. The second kappa shape index (κ2) is 7.39. The molecule has 3 rings (SSSR count). The number of fused-ring (bicyclic) bond motifs is 1. The number of hydrogen-bond acceptors (Lipinski definition) is 7. The number of carbonyl (C=O) groups is 1. The Kier molecular flexibility index (Phi) is 5.03. The standard InChI is InChI=1S/C16H12BrNO7/c17-11-6-15-14(24-9-25-15)5-10(11)7-23-16(19)8-22-13-4-2-1-3-12(13)18(20)21/h1-6H,7-9H2. The molecule has 0 unspecified atom stereocenters. The van der Waals surface area contributed by atoms with Gasteiger partial charge < -0.3 is 18.9 Å². The molecule has 1 aliphatic heterocycles. The van der Waals surface area contributed by atoms with Crippen molar-refractivity contribution in [2.75, 3.05) is 13.4 Å². The van der Waals surface area contributed by atoms with Gasteiger partial charge in [0.05, 0.1) is 4.92 Å². The predicted octanol–water partition coefficient (Wildman–Crippen LogP) is 3.21. The van der Waals surface area contributed by atoms with Crippen molar-refractivity contribution < 1.29 is 28.7 Å². The van der Waals surface area contributed by atoms with Gasteiger partial charge in [0, 0.05) is 16.1 Å². The third kappa shape index (κ3) is 4.00.